The van der Waals surface area contributed by atoms with Gasteiger partial charge in [-0.1, -0.05) is 26.0 Å². The van der Waals surface area contributed by atoms with Gasteiger partial charge in [0.05, 0.1) is 33.8 Å². The van der Waals surface area contributed by atoms with Gasteiger partial charge in [-0.2, -0.15) is 10.2 Å². The third-order valence-electron chi connectivity index (χ3n) is 8.44. The number of anilines is 2. The fourth-order valence-electron chi connectivity index (χ4n) is 6.01. The predicted octanol–water partition coefficient (Wildman–Crippen LogP) is 7.22. The first kappa shape index (κ1) is 35.5. The van der Waals surface area contributed by atoms with Crippen LogP contribution in [0.15, 0.2) is 48.8 Å². The van der Waals surface area contributed by atoms with Gasteiger partial charge in [-0.05, 0) is 95.4 Å². The summed E-state index contributed by atoms with van der Waals surface area (Å²) in [6.07, 6.45) is 9.56. The molecule has 1 amide bonds. The molecule has 0 aromatic carbocycles. The Morgan fingerprint density at radius 2 is 1.41 bits per heavy atom. The second-order valence-corrected chi connectivity index (χ2v) is 13.0. The maximum atomic E-state index is 13.1. The van der Waals surface area contributed by atoms with Crippen molar-refractivity contribution in [2.24, 2.45) is 11.8 Å². The molecule has 2 aliphatic rings. The molecule has 4 aromatic rings. The van der Waals surface area contributed by atoms with Gasteiger partial charge in [0.15, 0.2) is 0 Å². The lowest BCUT2D eigenvalue weighted by Crippen LogP contribution is -2.41. The highest BCUT2D eigenvalue weighted by molar-refractivity contribution is 5.94. The van der Waals surface area contributed by atoms with Crippen LogP contribution >= 0.6 is 12.4 Å². The summed E-state index contributed by atoms with van der Waals surface area (Å²) in [6, 6.07) is 12.1. The summed E-state index contributed by atoms with van der Waals surface area (Å²) in [7, 11) is 0. The lowest BCUT2D eigenvalue weighted by atomic mass is 9.99. The van der Waals surface area contributed by atoms with E-state index >= 15 is 0 Å². The smallest absolute Gasteiger partial charge is 0.414 e. The first-order valence-corrected chi connectivity index (χ1v) is 16.6. The Kier molecular flexibility index (Phi) is 12.7. The molecule has 1 N–H and O–H groups in total. The molecule has 0 saturated carbocycles. The van der Waals surface area contributed by atoms with Crippen molar-refractivity contribution in [2.45, 2.75) is 78.7 Å². The van der Waals surface area contributed by atoms with E-state index in [1.54, 1.807) is 4.90 Å². The molecule has 6 rings (SSSR count). The van der Waals surface area contributed by atoms with Crippen LogP contribution < -0.4 is 10.2 Å². The number of ether oxygens (including phenoxy) is 3. The van der Waals surface area contributed by atoms with Crippen LogP contribution in [0.5, 0.6) is 0 Å². The number of rotatable bonds is 8. The summed E-state index contributed by atoms with van der Waals surface area (Å²) in [5, 5.41) is 12.9. The van der Waals surface area contributed by atoms with Crippen LogP contribution in [-0.2, 0) is 27.1 Å². The van der Waals surface area contributed by atoms with E-state index < -0.39 is 5.60 Å². The average Bonchev–Trinajstić information content (AvgIpc) is 3.61. The molecule has 2 aliphatic heterocycles. The number of amides is 1. The van der Waals surface area contributed by atoms with Crippen molar-refractivity contribution >= 4 is 40.9 Å². The summed E-state index contributed by atoms with van der Waals surface area (Å²) in [5.41, 5.74) is 5.70. The molecule has 11 heteroatoms. The van der Waals surface area contributed by atoms with Gasteiger partial charge >= 0.3 is 6.09 Å². The Bertz CT molecular complexity index is 1540. The normalized spacial score (nSPS) is 16.0. The Hall–Kier alpha value is -3.34. The molecule has 4 aromatic heterocycles. The molecular formula is C35H51ClN6O4. The summed E-state index contributed by atoms with van der Waals surface area (Å²) < 4.78 is 20.4. The quantitative estimate of drug-likeness (QED) is 0.214. The van der Waals surface area contributed by atoms with Crippen LogP contribution in [0.3, 0.4) is 0 Å². The van der Waals surface area contributed by atoms with Gasteiger partial charge in [0.25, 0.3) is 0 Å². The topological polar surface area (TPSA) is 94.6 Å². The Labute approximate surface area is 279 Å². The molecule has 0 spiro atoms. The number of nitrogens with zero attached hydrogens (tertiary/aromatic N) is 5. The number of pyridine rings is 2. The minimum Gasteiger partial charge on any atom is -0.443 e. The van der Waals surface area contributed by atoms with Crippen molar-refractivity contribution < 1.29 is 19.0 Å². The zero-order valence-corrected chi connectivity index (χ0v) is 28.9. The van der Waals surface area contributed by atoms with Crippen molar-refractivity contribution in [1.82, 2.24) is 19.2 Å². The molecule has 252 valence electrons. The second kappa shape index (κ2) is 16.5. The summed E-state index contributed by atoms with van der Waals surface area (Å²) in [5.74, 6) is 1.12. The van der Waals surface area contributed by atoms with Crippen LogP contribution in [0.2, 0.25) is 0 Å². The summed E-state index contributed by atoms with van der Waals surface area (Å²) in [4.78, 5) is 14.9. The van der Waals surface area contributed by atoms with Crippen LogP contribution in [0.1, 0.15) is 71.7 Å². The lowest BCUT2D eigenvalue weighted by molar-refractivity contribution is 0.0515. The monoisotopic (exact) mass is 654 g/mol. The Morgan fingerprint density at radius 3 is 2.00 bits per heavy atom. The molecule has 0 aliphatic carbocycles. The Balaban J connectivity index is 0.000000213. The second-order valence-electron chi connectivity index (χ2n) is 13.0. The van der Waals surface area contributed by atoms with Crippen molar-refractivity contribution in [1.29, 1.82) is 0 Å². The molecule has 2 saturated heterocycles. The van der Waals surface area contributed by atoms with Gasteiger partial charge in [-0.3, -0.25) is 4.90 Å². The maximum Gasteiger partial charge on any atom is 0.414 e. The van der Waals surface area contributed by atoms with Crippen LogP contribution in [0.25, 0.3) is 11.0 Å². The number of carbonyl (C=O) groups excluding carboxylic acids is 1. The van der Waals surface area contributed by atoms with Gasteiger partial charge in [0.2, 0.25) is 0 Å². The predicted molar refractivity (Wildman–Crippen MR) is 186 cm³/mol. The van der Waals surface area contributed by atoms with E-state index in [-0.39, 0.29) is 18.5 Å². The number of hydrogen-bond acceptors (Lipinski definition) is 7. The van der Waals surface area contributed by atoms with E-state index in [0.717, 1.165) is 100 Å². The zero-order chi connectivity index (χ0) is 31.8. The first-order chi connectivity index (χ1) is 21.8. The highest BCUT2D eigenvalue weighted by Crippen LogP contribution is 2.31. The van der Waals surface area contributed by atoms with Crippen LogP contribution in [0, 0.1) is 11.8 Å². The van der Waals surface area contributed by atoms with Crippen molar-refractivity contribution in [3.63, 3.8) is 0 Å². The van der Waals surface area contributed by atoms with Gasteiger partial charge in [0, 0.05) is 51.9 Å². The Morgan fingerprint density at radius 1 is 0.870 bits per heavy atom. The molecule has 6 heterocycles. The van der Waals surface area contributed by atoms with Crippen molar-refractivity contribution in [3.05, 3.63) is 60.2 Å². The number of aryl methyl sites for hydroxylation is 2. The molecule has 0 atom stereocenters. The van der Waals surface area contributed by atoms with Gasteiger partial charge in [0.1, 0.15) is 5.60 Å². The minimum atomic E-state index is -0.541. The van der Waals surface area contributed by atoms with E-state index in [0.29, 0.717) is 12.5 Å². The van der Waals surface area contributed by atoms with Gasteiger partial charge < -0.3 is 19.5 Å². The molecular weight excluding hydrogens is 604 g/mol. The highest BCUT2D eigenvalue weighted by atomic mass is 35.5. The number of halogens is 1. The molecule has 2 fully saturated rings. The molecule has 0 bridgehead atoms. The first-order valence-electron chi connectivity index (χ1n) is 16.6. The molecule has 0 radical (unpaired) electrons. The van der Waals surface area contributed by atoms with E-state index in [9.17, 15) is 4.79 Å². The SMILES string of the molecule is CCc1nn2ccccc2c1N(CC1CCOCC1)C(=O)OC(C)(C)C.CCc1nn2ccccc2c1NCC1CCOCC1.Cl. The number of carbonyl (C=O) groups is 1. The largest absolute Gasteiger partial charge is 0.443 e. The number of hydrogen-bond donors (Lipinski definition) is 1. The minimum absolute atomic E-state index is 0. The summed E-state index contributed by atoms with van der Waals surface area (Å²) in [6.45, 7) is 14.9. The number of nitrogens with one attached hydrogen (secondary N) is 1. The fraction of sp³-hybridized carbons (Fsp3) is 0.571. The van der Waals surface area contributed by atoms with E-state index in [1.807, 2.05) is 66.5 Å². The molecule has 46 heavy (non-hydrogen) atoms. The third kappa shape index (κ3) is 8.92. The maximum absolute atomic E-state index is 13.1. The van der Waals surface area contributed by atoms with Crippen LogP contribution in [0.4, 0.5) is 16.2 Å². The average molecular weight is 655 g/mol. The van der Waals surface area contributed by atoms with E-state index in [2.05, 4.69) is 41.5 Å². The lowest BCUT2D eigenvalue weighted by Gasteiger charge is -2.31. The molecule has 10 nitrogen and oxygen atoms in total. The highest BCUT2D eigenvalue weighted by Gasteiger charge is 2.30. The fourth-order valence-corrected chi connectivity index (χ4v) is 6.01. The van der Waals surface area contributed by atoms with Gasteiger partial charge in [-0.25, -0.2) is 13.8 Å². The zero-order valence-electron chi connectivity index (χ0n) is 28.0. The van der Waals surface area contributed by atoms with Gasteiger partial charge in [-0.15, -0.1) is 12.4 Å². The number of fused-ring (bicyclic) bond motifs is 2. The standard InChI is InChI=1S/C20H29N3O3.C15H21N3O.ClH/c1-5-16-18(17-8-6-7-11-23(17)21-16)22(19(24)26-20(2,3)4)14-15-9-12-25-13-10-15;1-2-13-15(14-5-3-4-8-18(14)17-13)16-11-12-6-9-19-10-7-12;/h6-8,11,15H,5,9-10,12-14H2,1-4H3;3-5,8,12,16H,2,6-7,9-11H2,1H3;1H. The van der Waals surface area contributed by atoms with Crippen molar-refractivity contribution in [2.75, 3.05) is 49.7 Å². The van der Waals surface area contributed by atoms with E-state index in [1.165, 1.54) is 11.2 Å². The van der Waals surface area contributed by atoms with Crippen molar-refractivity contribution in [3.8, 4) is 0 Å². The van der Waals surface area contributed by atoms with Crippen LogP contribution in [-0.4, -0.2) is 70.4 Å². The molecule has 0 unspecified atom stereocenters. The summed E-state index contributed by atoms with van der Waals surface area (Å²) >= 11 is 0. The third-order valence-corrected chi connectivity index (χ3v) is 8.44. The van der Waals surface area contributed by atoms with E-state index in [4.69, 9.17) is 14.2 Å². The number of aromatic nitrogens is 4.